The van der Waals surface area contributed by atoms with Gasteiger partial charge < -0.3 is 14.2 Å². The Labute approximate surface area is 148 Å². The van der Waals surface area contributed by atoms with Gasteiger partial charge in [0.2, 0.25) is 0 Å². The summed E-state index contributed by atoms with van der Waals surface area (Å²) in [6.45, 7) is 12.7. The van der Waals surface area contributed by atoms with E-state index in [-0.39, 0.29) is 17.9 Å². The van der Waals surface area contributed by atoms with Gasteiger partial charge in [-0.05, 0) is 26.8 Å². The SMILES string of the molecule is CCn1c(C)cc(C(=O)N2CCO[C@H](c3nc(C(C)C)n[nH]3)C2)c1C. The Kier molecular flexibility index (Phi) is 4.94. The Hall–Kier alpha value is -2.15. The summed E-state index contributed by atoms with van der Waals surface area (Å²) >= 11 is 0. The van der Waals surface area contributed by atoms with E-state index in [0.29, 0.717) is 25.5 Å². The molecule has 0 unspecified atom stereocenters. The quantitative estimate of drug-likeness (QED) is 0.924. The summed E-state index contributed by atoms with van der Waals surface area (Å²) in [6.07, 6.45) is -0.257. The van der Waals surface area contributed by atoms with Gasteiger partial charge in [-0.2, -0.15) is 5.10 Å². The van der Waals surface area contributed by atoms with Crippen LogP contribution in [0.4, 0.5) is 0 Å². The van der Waals surface area contributed by atoms with Gasteiger partial charge in [0.05, 0.1) is 18.7 Å². The van der Waals surface area contributed by atoms with Crippen molar-refractivity contribution in [3.05, 3.63) is 34.7 Å². The average molecular weight is 345 g/mol. The maximum Gasteiger partial charge on any atom is 0.255 e. The minimum absolute atomic E-state index is 0.0599. The van der Waals surface area contributed by atoms with Crippen molar-refractivity contribution in [2.75, 3.05) is 19.7 Å². The molecule has 2 aromatic heterocycles. The molecule has 1 fully saturated rings. The maximum atomic E-state index is 13.0. The van der Waals surface area contributed by atoms with Crippen LogP contribution in [-0.4, -0.2) is 50.3 Å². The van der Waals surface area contributed by atoms with Gasteiger partial charge in [0, 0.05) is 30.4 Å². The topological polar surface area (TPSA) is 76.0 Å². The molecule has 0 saturated carbocycles. The molecule has 1 N–H and O–H groups in total. The zero-order valence-corrected chi connectivity index (χ0v) is 15.7. The molecule has 136 valence electrons. The van der Waals surface area contributed by atoms with E-state index in [4.69, 9.17) is 4.74 Å². The summed E-state index contributed by atoms with van der Waals surface area (Å²) < 4.78 is 7.98. The third-order valence-corrected chi connectivity index (χ3v) is 4.82. The molecular weight excluding hydrogens is 318 g/mol. The van der Waals surface area contributed by atoms with Crippen LogP contribution in [0.15, 0.2) is 6.07 Å². The molecule has 3 heterocycles. The molecule has 0 aromatic carbocycles. The van der Waals surface area contributed by atoms with Crippen LogP contribution in [0.5, 0.6) is 0 Å². The highest BCUT2D eigenvalue weighted by Gasteiger charge is 2.30. The van der Waals surface area contributed by atoms with Crippen molar-refractivity contribution < 1.29 is 9.53 Å². The van der Waals surface area contributed by atoms with Crippen LogP contribution >= 0.6 is 0 Å². The number of aromatic amines is 1. The third kappa shape index (κ3) is 3.33. The average Bonchev–Trinajstić information content (AvgIpc) is 3.19. The first-order valence-electron chi connectivity index (χ1n) is 8.92. The second kappa shape index (κ2) is 7.00. The Bertz CT molecular complexity index is 762. The fourth-order valence-corrected chi connectivity index (χ4v) is 3.36. The molecule has 0 aliphatic carbocycles. The van der Waals surface area contributed by atoms with Crippen molar-refractivity contribution in [2.45, 2.75) is 53.2 Å². The van der Waals surface area contributed by atoms with Crippen molar-refractivity contribution in [3.63, 3.8) is 0 Å². The van der Waals surface area contributed by atoms with Crippen molar-refractivity contribution in [1.29, 1.82) is 0 Å². The number of morpholine rings is 1. The lowest BCUT2D eigenvalue weighted by atomic mass is 10.1. The van der Waals surface area contributed by atoms with E-state index in [1.54, 1.807) is 0 Å². The molecule has 0 spiro atoms. The van der Waals surface area contributed by atoms with Crippen LogP contribution in [0, 0.1) is 13.8 Å². The normalized spacial score (nSPS) is 18.2. The first kappa shape index (κ1) is 17.7. The molecule has 7 nitrogen and oxygen atoms in total. The van der Waals surface area contributed by atoms with Crippen molar-refractivity contribution in [2.24, 2.45) is 0 Å². The van der Waals surface area contributed by atoms with Gasteiger partial charge in [-0.3, -0.25) is 9.89 Å². The molecule has 1 aliphatic rings. The van der Waals surface area contributed by atoms with Gasteiger partial charge in [0.1, 0.15) is 6.10 Å². The van der Waals surface area contributed by atoms with E-state index in [0.717, 1.165) is 29.3 Å². The van der Waals surface area contributed by atoms with Crippen LogP contribution in [0.2, 0.25) is 0 Å². The van der Waals surface area contributed by atoms with E-state index < -0.39 is 0 Å². The predicted molar refractivity (Wildman–Crippen MR) is 94.6 cm³/mol. The zero-order chi connectivity index (χ0) is 18.1. The Balaban J connectivity index is 1.77. The van der Waals surface area contributed by atoms with Crippen molar-refractivity contribution in [1.82, 2.24) is 24.6 Å². The number of aryl methyl sites for hydroxylation is 1. The standard InChI is InChI=1S/C18H27N5O2/c1-6-23-12(4)9-14(13(23)5)18(24)22-7-8-25-15(10-22)17-19-16(11(2)3)20-21-17/h9,11,15H,6-8,10H2,1-5H3,(H,19,20,21)/t15-/m0/s1. The second-order valence-electron chi connectivity index (χ2n) is 6.87. The molecular formula is C18H27N5O2. The maximum absolute atomic E-state index is 13.0. The summed E-state index contributed by atoms with van der Waals surface area (Å²) in [6, 6.07) is 1.98. The number of nitrogens with one attached hydrogen (secondary N) is 1. The molecule has 1 saturated heterocycles. The molecule has 2 aromatic rings. The lowest BCUT2D eigenvalue weighted by Gasteiger charge is -2.32. The van der Waals surface area contributed by atoms with E-state index in [1.165, 1.54) is 0 Å². The summed E-state index contributed by atoms with van der Waals surface area (Å²) in [5.74, 6) is 1.78. The lowest BCUT2D eigenvalue weighted by Crippen LogP contribution is -2.42. The molecule has 3 rings (SSSR count). The minimum Gasteiger partial charge on any atom is -0.367 e. The number of hydrogen-bond donors (Lipinski definition) is 1. The number of H-pyrrole nitrogens is 1. The van der Waals surface area contributed by atoms with Crippen molar-refractivity contribution in [3.8, 4) is 0 Å². The molecule has 0 bridgehead atoms. The highest BCUT2D eigenvalue weighted by atomic mass is 16.5. The molecule has 1 aliphatic heterocycles. The number of aromatic nitrogens is 4. The summed E-state index contributed by atoms with van der Waals surface area (Å²) in [5.41, 5.74) is 2.92. The van der Waals surface area contributed by atoms with Crippen molar-refractivity contribution >= 4 is 5.91 Å². The highest BCUT2D eigenvalue weighted by Crippen LogP contribution is 2.24. The van der Waals surface area contributed by atoms with Crippen LogP contribution in [0.3, 0.4) is 0 Å². The first-order valence-corrected chi connectivity index (χ1v) is 8.92. The van der Waals surface area contributed by atoms with Crippen LogP contribution in [0.1, 0.15) is 66.2 Å². The Morgan fingerprint density at radius 2 is 2.20 bits per heavy atom. The highest BCUT2D eigenvalue weighted by molar-refractivity contribution is 5.95. The van der Waals surface area contributed by atoms with E-state index in [2.05, 4.69) is 26.7 Å². The van der Waals surface area contributed by atoms with Gasteiger partial charge in [0.25, 0.3) is 5.91 Å². The minimum atomic E-state index is -0.257. The molecule has 1 atom stereocenters. The summed E-state index contributed by atoms with van der Waals surface area (Å²) in [7, 11) is 0. The number of ether oxygens (including phenoxy) is 1. The van der Waals surface area contributed by atoms with E-state index in [9.17, 15) is 4.79 Å². The molecule has 0 radical (unpaired) electrons. The number of nitrogens with zero attached hydrogens (tertiary/aromatic N) is 4. The number of amides is 1. The van der Waals surface area contributed by atoms with Gasteiger partial charge in [-0.1, -0.05) is 13.8 Å². The fraction of sp³-hybridized carbons (Fsp3) is 0.611. The monoisotopic (exact) mass is 345 g/mol. The molecule has 1 amide bonds. The second-order valence-corrected chi connectivity index (χ2v) is 6.87. The van der Waals surface area contributed by atoms with Gasteiger partial charge in [-0.15, -0.1) is 0 Å². The Morgan fingerprint density at radius 3 is 2.80 bits per heavy atom. The lowest BCUT2D eigenvalue weighted by molar-refractivity contribution is -0.0267. The zero-order valence-electron chi connectivity index (χ0n) is 15.7. The fourth-order valence-electron chi connectivity index (χ4n) is 3.36. The van der Waals surface area contributed by atoms with Crippen LogP contribution in [-0.2, 0) is 11.3 Å². The summed E-state index contributed by atoms with van der Waals surface area (Å²) in [4.78, 5) is 19.4. The van der Waals surface area contributed by atoms with Crippen LogP contribution < -0.4 is 0 Å². The van der Waals surface area contributed by atoms with Gasteiger partial charge in [-0.25, -0.2) is 4.98 Å². The summed E-state index contributed by atoms with van der Waals surface area (Å²) in [5, 5.41) is 7.20. The largest absolute Gasteiger partial charge is 0.367 e. The number of rotatable bonds is 4. The molecule has 7 heteroatoms. The molecule has 25 heavy (non-hydrogen) atoms. The van der Waals surface area contributed by atoms with Gasteiger partial charge in [0.15, 0.2) is 11.6 Å². The van der Waals surface area contributed by atoms with E-state index in [1.807, 2.05) is 38.7 Å². The third-order valence-electron chi connectivity index (χ3n) is 4.82. The predicted octanol–water partition coefficient (Wildman–Crippen LogP) is 2.58. The smallest absolute Gasteiger partial charge is 0.255 e. The number of carbonyl (C=O) groups excluding carboxylic acids is 1. The number of carbonyl (C=O) groups is 1. The number of hydrogen-bond acceptors (Lipinski definition) is 4. The van der Waals surface area contributed by atoms with Crippen LogP contribution in [0.25, 0.3) is 0 Å². The van der Waals surface area contributed by atoms with E-state index >= 15 is 0 Å². The Morgan fingerprint density at radius 1 is 1.44 bits per heavy atom. The van der Waals surface area contributed by atoms with Gasteiger partial charge >= 0.3 is 0 Å². The first-order chi connectivity index (χ1) is 11.9.